The Morgan fingerprint density at radius 1 is 1.00 bits per heavy atom. The lowest BCUT2D eigenvalue weighted by Crippen LogP contribution is -2.14. The quantitative estimate of drug-likeness (QED) is 0.827. The molecule has 0 aliphatic rings. The molecule has 0 bridgehead atoms. The summed E-state index contributed by atoms with van der Waals surface area (Å²) in [6.45, 7) is 3.50. The fourth-order valence-corrected chi connectivity index (χ4v) is 3.12. The van der Waals surface area contributed by atoms with Gasteiger partial charge in [0.05, 0.1) is 10.6 Å². The first kappa shape index (κ1) is 14.9. The molecule has 0 unspecified atom stereocenters. The Morgan fingerprint density at radius 3 is 2.20 bits per heavy atom. The monoisotopic (exact) mass is 355 g/mol. The molecule has 2 aromatic carbocycles. The van der Waals surface area contributed by atoms with Crippen LogP contribution in [-0.4, -0.2) is 13.5 Å². The molecule has 2 N–H and O–H groups in total. The lowest BCUT2D eigenvalue weighted by molar-refractivity contribution is 0.470. The summed E-state index contributed by atoms with van der Waals surface area (Å²) >= 11 is 3.27. The van der Waals surface area contributed by atoms with Crippen molar-refractivity contribution >= 4 is 31.6 Å². The van der Waals surface area contributed by atoms with Gasteiger partial charge in [0.25, 0.3) is 10.0 Å². The summed E-state index contributed by atoms with van der Waals surface area (Å²) in [7, 11) is -3.63. The molecule has 0 saturated heterocycles. The van der Waals surface area contributed by atoms with Gasteiger partial charge in [-0.05, 0) is 61.4 Å². The first-order valence-electron chi connectivity index (χ1n) is 5.89. The number of sulfonamides is 1. The highest BCUT2D eigenvalue weighted by molar-refractivity contribution is 9.10. The molecule has 2 rings (SSSR count). The molecule has 6 heteroatoms. The Balaban J connectivity index is 2.38. The van der Waals surface area contributed by atoms with Crippen LogP contribution in [0.4, 0.5) is 5.69 Å². The second kappa shape index (κ2) is 5.46. The Morgan fingerprint density at radius 2 is 1.60 bits per heavy atom. The van der Waals surface area contributed by atoms with E-state index in [1.165, 1.54) is 18.2 Å². The number of hydrogen-bond acceptors (Lipinski definition) is 3. The van der Waals surface area contributed by atoms with E-state index in [0.717, 1.165) is 4.47 Å². The van der Waals surface area contributed by atoms with Crippen LogP contribution in [0.25, 0.3) is 0 Å². The van der Waals surface area contributed by atoms with Crippen LogP contribution in [-0.2, 0) is 10.0 Å². The number of nitrogens with one attached hydrogen (secondary N) is 1. The molecule has 0 heterocycles. The first-order chi connectivity index (χ1) is 9.31. The van der Waals surface area contributed by atoms with Gasteiger partial charge in [-0.25, -0.2) is 8.42 Å². The first-order valence-corrected chi connectivity index (χ1v) is 8.16. The maximum Gasteiger partial charge on any atom is 0.261 e. The van der Waals surface area contributed by atoms with Crippen LogP contribution in [0.3, 0.4) is 0 Å². The Hall–Kier alpha value is -1.53. The highest BCUT2D eigenvalue weighted by Gasteiger charge is 2.16. The maximum atomic E-state index is 12.3. The van der Waals surface area contributed by atoms with Crippen molar-refractivity contribution in [2.75, 3.05) is 4.72 Å². The van der Waals surface area contributed by atoms with Crippen LogP contribution < -0.4 is 4.72 Å². The number of rotatable bonds is 3. The van der Waals surface area contributed by atoms with Crippen LogP contribution in [0.15, 0.2) is 45.8 Å². The zero-order valence-corrected chi connectivity index (χ0v) is 13.4. The zero-order chi connectivity index (χ0) is 14.9. The van der Waals surface area contributed by atoms with Crippen molar-refractivity contribution < 1.29 is 13.5 Å². The molecule has 0 amide bonds. The van der Waals surface area contributed by atoms with Gasteiger partial charge in [-0.1, -0.05) is 15.9 Å². The summed E-state index contributed by atoms with van der Waals surface area (Å²) < 4.78 is 27.9. The van der Waals surface area contributed by atoms with Gasteiger partial charge in [0, 0.05) is 4.47 Å². The van der Waals surface area contributed by atoms with Gasteiger partial charge >= 0.3 is 0 Å². The van der Waals surface area contributed by atoms with Gasteiger partial charge in [0.2, 0.25) is 0 Å². The molecular formula is C14H14BrNO3S. The van der Waals surface area contributed by atoms with E-state index in [1.54, 1.807) is 32.0 Å². The predicted molar refractivity (Wildman–Crippen MR) is 82.5 cm³/mol. The summed E-state index contributed by atoms with van der Waals surface area (Å²) in [5.74, 6) is 0.147. The van der Waals surface area contributed by atoms with Crippen LogP contribution in [0, 0.1) is 13.8 Å². The van der Waals surface area contributed by atoms with Crippen molar-refractivity contribution in [3.8, 4) is 5.75 Å². The van der Waals surface area contributed by atoms with Crippen molar-refractivity contribution in [2.24, 2.45) is 0 Å². The fourth-order valence-electron chi connectivity index (χ4n) is 1.73. The van der Waals surface area contributed by atoms with E-state index in [0.29, 0.717) is 16.8 Å². The second-order valence-corrected chi connectivity index (χ2v) is 7.04. The molecule has 0 radical (unpaired) electrons. The Kier molecular flexibility index (Phi) is 4.06. The average Bonchev–Trinajstić information content (AvgIpc) is 2.40. The number of halogens is 1. The predicted octanol–water partition coefficient (Wildman–Crippen LogP) is 3.57. The fraction of sp³-hybridized carbons (Fsp3) is 0.143. The third-order valence-electron chi connectivity index (χ3n) is 3.13. The third kappa shape index (κ3) is 2.96. The van der Waals surface area contributed by atoms with Crippen LogP contribution >= 0.6 is 15.9 Å². The summed E-state index contributed by atoms with van der Waals surface area (Å²) in [5, 5.41) is 9.59. The van der Waals surface area contributed by atoms with Crippen LogP contribution in [0.2, 0.25) is 0 Å². The summed E-state index contributed by atoms with van der Waals surface area (Å²) in [6, 6.07) is 9.41. The van der Waals surface area contributed by atoms with Crippen LogP contribution in [0.1, 0.15) is 11.1 Å². The van der Waals surface area contributed by atoms with Crippen molar-refractivity contribution in [1.29, 1.82) is 0 Å². The SMILES string of the molecule is Cc1c(O)ccc(NS(=O)(=O)c2ccc(Br)cc2)c1C. The average molecular weight is 356 g/mol. The number of phenols is 1. The van der Waals surface area contributed by atoms with E-state index in [-0.39, 0.29) is 10.6 Å². The van der Waals surface area contributed by atoms with Gasteiger partial charge in [-0.15, -0.1) is 0 Å². The van der Waals surface area contributed by atoms with E-state index in [2.05, 4.69) is 20.7 Å². The molecule has 0 aliphatic carbocycles. The molecular weight excluding hydrogens is 342 g/mol. The summed E-state index contributed by atoms with van der Waals surface area (Å²) in [4.78, 5) is 0.186. The molecule has 0 saturated carbocycles. The van der Waals surface area contributed by atoms with Crippen molar-refractivity contribution in [3.05, 3.63) is 52.0 Å². The van der Waals surface area contributed by atoms with Gasteiger partial charge < -0.3 is 5.11 Å². The summed E-state index contributed by atoms with van der Waals surface area (Å²) in [5.41, 5.74) is 1.81. The highest BCUT2D eigenvalue weighted by atomic mass is 79.9. The van der Waals surface area contributed by atoms with Gasteiger partial charge in [-0.2, -0.15) is 0 Å². The molecule has 0 atom stereocenters. The van der Waals surface area contributed by atoms with Crippen molar-refractivity contribution in [3.63, 3.8) is 0 Å². The van der Waals surface area contributed by atoms with Gasteiger partial charge in [0.15, 0.2) is 0 Å². The van der Waals surface area contributed by atoms with E-state index >= 15 is 0 Å². The van der Waals surface area contributed by atoms with E-state index in [9.17, 15) is 13.5 Å². The smallest absolute Gasteiger partial charge is 0.261 e. The van der Waals surface area contributed by atoms with Gasteiger partial charge in [-0.3, -0.25) is 4.72 Å². The third-order valence-corrected chi connectivity index (χ3v) is 5.04. The molecule has 0 aromatic heterocycles. The molecule has 0 spiro atoms. The standard InChI is InChI=1S/C14H14BrNO3S/c1-9-10(2)14(17)8-7-13(9)16-20(18,19)12-5-3-11(15)4-6-12/h3-8,16-17H,1-2H3. The lowest BCUT2D eigenvalue weighted by atomic mass is 10.1. The van der Waals surface area contributed by atoms with Gasteiger partial charge in [0.1, 0.15) is 5.75 Å². The molecule has 4 nitrogen and oxygen atoms in total. The normalized spacial score (nSPS) is 11.3. The minimum Gasteiger partial charge on any atom is -0.508 e. The topological polar surface area (TPSA) is 66.4 Å². The zero-order valence-electron chi connectivity index (χ0n) is 11.0. The number of anilines is 1. The largest absolute Gasteiger partial charge is 0.508 e. The van der Waals surface area contributed by atoms with E-state index < -0.39 is 10.0 Å². The molecule has 0 aliphatic heterocycles. The number of benzene rings is 2. The molecule has 20 heavy (non-hydrogen) atoms. The number of aromatic hydroxyl groups is 1. The minimum absolute atomic E-state index is 0.147. The molecule has 106 valence electrons. The number of hydrogen-bond donors (Lipinski definition) is 2. The summed E-state index contributed by atoms with van der Waals surface area (Å²) in [6.07, 6.45) is 0. The van der Waals surface area contributed by atoms with Crippen molar-refractivity contribution in [1.82, 2.24) is 0 Å². The van der Waals surface area contributed by atoms with Crippen molar-refractivity contribution in [2.45, 2.75) is 18.7 Å². The lowest BCUT2D eigenvalue weighted by Gasteiger charge is -2.13. The Labute approximate surface area is 126 Å². The van der Waals surface area contributed by atoms with Crippen LogP contribution in [0.5, 0.6) is 5.75 Å². The highest BCUT2D eigenvalue weighted by Crippen LogP contribution is 2.28. The maximum absolute atomic E-state index is 12.3. The number of phenolic OH excluding ortho intramolecular Hbond substituents is 1. The minimum atomic E-state index is -3.63. The van der Waals surface area contributed by atoms with E-state index in [4.69, 9.17) is 0 Å². The molecule has 0 fully saturated rings. The Bertz CT molecular complexity index is 740. The molecule has 2 aromatic rings. The second-order valence-electron chi connectivity index (χ2n) is 4.44. The van der Waals surface area contributed by atoms with E-state index in [1.807, 2.05) is 0 Å².